The lowest BCUT2D eigenvalue weighted by molar-refractivity contribution is -0.136. The van der Waals surface area contributed by atoms with Gasteiger partial charge < -0.3 is 19.9 Å². The molecule has 2 aromatic rings. The minimum atomic E-state index is -4.57. The van der Waals surface area contributed by atoms with E-state index in [2.05, 4.69) is 10.3 Å². The van der Waals surface area contributed by atoms with Crippen molar-refractivity contribution in [2.75, 3.05) is 38.1 Å². The SMILES string of the molecule is CNC(=O)c1csc2c(C(F)(F)F)cc(N3CCC(OC(=O)N4CC(C5CC5)C4)CC3)nc12. The molecule has 0 spiro atoms. The number of amides is 2. The number of anilines is 1. The highest BCUT2D eigenvalue weighted by molar-refractivity contribution is 7.17. The van der Waals surface area contributed by atoms with E-state index in [9.17, 15) is 22.8 Å². The van der Waals surface area contributed by atoms with Crippen molar-refractivity contribution in [3.05, 3.63) is 22.6 Å². The van der Waals surface area contributed by atoms with Gasteiger partial charge in [0.05, 0.1) is 21.3 Å². The number of nitrogens with one attached hydrogen (secondary N) is 1. The fraction of sp³-hybridized carbons (Fsp3) is 0.591. The van der Waals surface area contributed by atoms with E-state index in [0.29, 0.717) is 31.8 Å². The molecular formula is C22H25F3N4O3S. The van der Waals surface area contributed by atoms with Crippen molar-refractivity contribution in [1.29, 1.82) is 0 Å². The zero-order valence-corrected chi connectivity index (χ0v) is 19.0. The number of rotatable bonds is 4. The molecule has 1 aliphatic carbocycles. The normalized spacial score (nSPS) is 20.1. The molecule has 4 heterocycles. The third kappa shape index (κ3) is 4.34. The number of piperidine rings is 1. The van der Waals surface area contributed by atoms with E-state index in [4.69, 9.17) is 4.74 Å². The number of fused-ring (bicyclic) bond motifs is 1. The minimum Gasteiger partial charge on any atom is -0.446 e. The smallest absolute Gasteiger partial charge is 0.417 e. The van der Waals surface area contributed by atoms with Crippen LogP contribution in [0.1, 0.15) is 41.6 Å². The molecule has 1 saturated carbocycles. The molecule has 2 aliphatic heterocycles. The van der Waals surface area contributed by atoms with Crippen molar-refractivity contribution in [1.82, 2.24) is 15.2 Å². The number of thiophene rings is 1. The van der Waals surface area contributed by atoms with Gasteiger partial charge in [-0.25, -0.2) is 9.78 Å². The first-order valence-electron chi connectivity index (χ1n) is 11.2. The zero-order chi connectivity index (χ0) is 23.3. The molecule has 3 aliphatic rings. The van der Waals surface area contributed by atoms with E-state index in [-0.39, 0.29) is 33.8 Å². The van der Waals surface area contributed by atoms with Crippen LogP contribution in [0.4, 0.5) is 23.8 Å². The van der Waals surface area contributed by atoms with Crippen LogP contribution in [-0.2, 0) is 10.9 Å². The molecule has 11 heteroatoms. The lowest BCUT2D eigenvalue weighted by atomic mass is 9.95. The third-order valence-corrected chi connectivity index (χ3v) is 7.78. The molecule has 1 N–H and O–H groups in total. The zero-order valence-electron chi connectivity index (χ0n) is 18.2. The molecule has 2 saturated heterocycles. The van der Waals surface area contributed by atoms with Crippen LogP contribution in [0, 0.1) is 11.8 Å². The Kier molecular flexibility index (Phi) is 5.62. The van der Waals surface area contributed by atoms with Gasteiger partial charge in [-0.2, -0.15) is 13.2 Å². The number of nitrogens with zero attached hydrogens (tertiary/aromatic N) is 3. The molecular weight excluding hydrogens is 457 g/mol. The van der Waals surface area contributed by atoms with Crippen LogP contribution in [0.25, 0.3) is 10.2 Å². The monoisotopic (exact) mass is 482 g/mol. The standard InChI is InChI=1S/C22H25F3N4O3S/c1-26-20(30)15-11-33-19-16(22(23,24)25)8-17(27-18(15)19)28-6-4-14(5-7-28)32-21(31)29-9-13(10-29)12-2-3-12/h8,11-14H,2-7,9-10H2,1H3,(H,26,30). The number of carbonyl (C=O) groups is 2. The molecule has 0 aromatic carbocycles. The summed E-state index contributed by atoms with van der Waals surface area (Å²) in [5, 5.41) is 3.86. The predicted octanol–water partition coefficient (Wildman–Crippen LogP) is 4.12. The summed E-state index contributed by atoms with van der Waals surface area (Å²) in [5.74, 6) is 1.09. The van der Waals surface area contributed by atoms with Crippen LogP contribution < -0.4 is 10.2 Å². The Bertz CT molecular complexity index is 1070. The van der Waals surface area contributed by atoms with Gasteiger partial charge in [-0.3, -0.25) is 4.79 Å². The van der Waals surface area contributed by atoms with Crippen molar-refractivity contribution < 1.29 is 27.5 Å². The van der Waals surface area contributed by atoms with E-state index >= 15 is 0 Å². The molecule has 3 fully saturated rings. The Morgan fingerprint density at radius 1 is 1.15 bits per heavy atom. The van der Waals surface area contributed by atoms with Crippen molar-refractivity contribution in [2.24, 2.45) is 11.8 Å². The quantitative estimate of drug-likeness (QED) is 0.710. The van der Waals surface area contributed by atoms with Crippen LogP contribution in [0.2, 0.25) is 0 Å². The summed E-state index contributed by atoms with van der Waals surface area (Å²) >= 11 is 0.866. The summed E-state index contributed by atoms with van der Waals surface area (Å²) in [6.07, 6.45) is -1.57. The molecule has 0 radical (unpaired) electrons. The summed E-state index contributed by atoms with van der Waals surface area (Å²) in [7, 11) is 1.43. The fourth-order valence-corrected chi connectivity index (χ4v) is 5.63. The maximum atomic E-state index is 13.8. The Morgan fingerprint density at radius 3 is 2.45 bits per heavy atom. The van der Waals surface area contributed by atoms with Crippen molar-refractivity contribution in [2.45, 2.75) is 38.0 Å². The first kappa shape index (κ1) is 22.2. The van der Waals surface area contributed by atoms with Gasteiger partial charge in [-0.1, -0.05) is 0 Å². The fourth-order valence-electron chi connectivity index (χ4n) is 4.61. The van der Waals surface area contributed by atoms with Gasteiger partial charge >= 0.3 is 12.3 Å². The molecule has 7 nitrogen and oxygen atoms in total. The maximum Gasteiger partial charge on any atom is 0.417 e. The average molecular weight is 483 g/mol. The number of pyridine rings is 1. The summed E-state index contributed by atoms with van der Waals surface area (Å²) in [4.78, 5) is 32.4. The lowest BCUT2D eigenvalue weighted by Gasteiger charge is -2.40. The molecule has 2 amide bonds. The van der Waals surface area contributed by atoms with Gasteiger partial charge in [-0.05, 0) is 30.7 Å². The summed E-state index contributed by atoms with van der Waals surface area (Å²) < 4.78 is 46.9. The second-order valence-electron chi connectivity index (χ2n) is 9.00. The van der Waals surface area contributed by atoms with Gasteiger partial charge in [0.25, 0.3) is 5.91 Å². The number of ether oxygens (including phenoxy) is 1. The Balaban J connectivity index is 1.27. The minimum absolute atomic E-state index is 0.0484. The highest BCUT2D eigenvalue weighted by Gasteiger charge is 2.42. The molecule has 178 valence electrons. The number of alkyl halides is 3. The molecule has 2 aromatic heterocycles. The number of hydrogen-bond donors (Lipinski definition) is 1. The number of likely N-dealkylation sites (tertiary alicyclic amines) is 1. The number of halogens is 3. The molecule has 33 heavy (non-hydrogen) atoms. The Morgan fingerprint density at radius 2 is 1.85 bits per heavy atom. The van der Waals surface area contributed by atoms with Crippen LogP contribution in [0.15, 0.2) is 11.4 Å². The molecule has 0 atom stereocenters. The summed E-state index contributed by atoms with van der Waals surface area (Å²) in [6.45, 7) is 2.36. The van der Waals surface area contributed by atoms with Crippen LogP contribution in [-0.4, -0.2) is 61.2 Å². The van der Waals surface area contributed by atoms with Crippen molar-refractivity contribution in [3.8, 4) is 0 Å². The largest absolute Gasteiger partial charge is 0.446 e. The highest BCUT2D eigenvalue weighted by Crippen LogP contribution is 2.42. The molecule has 0 bridgehead atoms. The van der Waals surface area contributed by atoms with E-state index in [1.54, 1.807) is 9.80 Å². The van der Waals surface area contributed by atoms with Crippen LogP contribution in [0.3, 0.4) is 0 Å². The Labute approximate surface area is 192 Å². The first-order valence-corrected chi connectivity index (χ1v) is 12.0. The van der Waals surface area contributed by atoms with Gasteiger partial charge in [-0.15, -0.1) is 11.3 Å². The Hall–Kier alpha value is -2.56. The third-order valence-electron chi connectivity index (χ3n) is 6.78. The number of hydrogen-bond acceptors (Lipinski definition) is 6. The summed E-state index contributed by atoms with van der Waals surface area (Å²) in [6, 6.07) is 1.05. The van der Waals surface area contributed by atoms with E-state index in [1.807, 2.05) is 0 Å². The van der Waals surface area contributed by atoms with Crippen LogP contribution in [0.5, 0.6) is 0 Å². The topological polar surface area (TPSA) is 74.8 Å². The van der Waals surface area contributed by atoms with Gasteiger partial charge in [0.2, 0.25) is 0 Å². The highest BCUT2D eigenvalue weighted by atomic mass is 32.1. The lowest BCUT2D eigenvalue weighted by Crippen LogP contribution is -2.52. The average Bonchev–Trinajstić information content (AvgIpc) is 3.48. The second-order valence-corrected chi connectivity index (χ2v) is 9.88. The second kappa shape index (κ2) is 8.34. The van der Waals surface area contributed by atoms with Crippen molar-refractivity contribution in [3.63, 3.8) is 0 Å². The number of carbonyl (C=O) groups excluding carboxylic acids is 2. The van der Waals surface area contributed by atoms with E-state index in [0.717, 1.165) is 36.4 Å². The molecule has 0 unspecified atom stereocenters. The summed E-state index contributed by atoms with van der Waals surface area (Å²) in [5.41, 5.74) is -0.604. The van der Waals surface area contributed by atoms with Crippen molar-refractivity contribution >= 4 is 39.4 Å². The first-order chi connectivity index (χ1) is 15.7. The van der Waals surface area contributed by atoms with E-state index < -0.39 is 17.6 Å². The van der Waals surface area contributed by atoms with Gasteiger partial charge in [0, 0.05) is 51.4 Å². The van der Waals surface area contributed by atoms with Gasteiger partial charge in [0.1, 0.15) is 11.9 Å². The van der Waals surface area contributed by atoms with E-state index in [1.165, 1.54) is 25.3 Å². The maximum absolute atomic E-state index is 13.8. The predicted molar refractivity (Wildman–Crippen MR) is 118 cm³/mol. The number of aromatic nitrogens is 1. The molecule has 5 rings (SSSR count). The van der Waals surface area contributed by atoms with Crippen LogP contribution >= 0.6 is 11.3 Å². The van der Waals surface area contributed by atoms with Gasteiger partial charge in [0.15, 0.2) is 0 Å².